The molecule has 5 nitrogen and oxygen atoms in total. The lowest BCUT2D eigenvalue weighted by atomic mass is 9.84. The van der Waals surface area contributed by atoms with Crippen LogP contribution in [-0.2, 0) is 13.1 Å². The van der Waals surface area contributed by atoms with Gasteiger partial charge in [-0.15, -0.1) is 0 Å². The number of hydrogen-bond donors (Lipinski definition) is 4. The van der Waals surface area contributed by atoms with Crippen molar-refractivity contribution in [2.45, 2.75) is 31.5 Å². The second-order valence-corrected chi connectivity index (χ2v) is 6.82. The summed E-state index contributed by atoms with van der Waals surface area (Å²) in [5.41, 5.74) is 10.3. The summed E-state index contributed by atoms with van der Waals surface area (Å²) >= 11 is 0. The maximum atomic E-state index is 5.76. The van der Waals surface area contributed by atoms with Gasteiger partial charge in [-0.2, -0.15) is 0 Å². The zero-order valence-electron chi connectivity index (χ0n) is 14.4. The van der Waals surface area contributed by atoms with Crippen LogP contribution in [0.25, 0.3) is 0 Å². The van der Waals surface area contributed by atoms with Gasteiger partial charge < -0.3 is 21.7 Å². The third kappa shape index (κ3) is 3.25. The third-order valence-corrected chi connectivity index (χ3v) is 5.11. The van der Waals surface area contributed by atoms with E-state index in [0.717, 1.165) is 48.7 Å². The molecule has 2 aliphatic heterocycles. The lowest BCUT2D eigenvalue weighted by Gasteiger charge is -2.44. The largest absolute Gasteiger partial charge is 0.371 e. The number of amidine groups is 1. The monoisotopic (exact) mass is 335 g/mol. The molecular formula is C20H25N5. The van der Waals surface area contributed by atoms with Gasteiger partial charge in [-0.25, -0.2) is 0 Å². The van der Waals surface area contributed by atoms with Crippen LogP contribution < -0.4 is 21.7 Å². The second kappa shape index (κ2) is 6.86. The zero-order valence-corrected chi connectivity index (χ0v) is 14.4. The first-order valence-corrected chi connectivity index (χ1v) is 8.97. The Morgan fingerprint density at radius 1 is 0.960 bits per heavy atom. The molecule has 0 aliphatic carbocycles. The van der Waals surface area contributed by atoms with E-state index in [1.54, 1.807) is 0 Å². The van der Waals surface area contributed by atoms with Crippen molar-refractivity contribution in [1.29, 1.82) is 0 Å². The van der Waals surface area contributed by atoms with Crippen LogP contribution in [0.5, 0.6) is 0 Å². The van der Waals surface area contributed by atoms with E-state index in [1.807, 2.05) is 0 Å². The molecule has 1 saturated heterocycles. The molecule has 25 heavy (non-hydrogen) atoms. The number of fused-ring (bicyclic) bond motifs is 1. The van der Waals surface area contributed by atoms with Crippen molar-refractivity contribution in [2.24, 2.45) is 10.7 Å². The number of piperidine rings is 1. The smallest absolute Gasteiger partial charge is 0.127 e. The average Bonchev–Trinajstić information content (AvgIpc) is 2.67. The Morgan fingerprint density at radius 3 is 2.52 bits per heavy atom. The molecule has 0 aromatic heterocycles. The van der Waals surface area contributed by atoms with Gasteiger partial charge in [0, 0.05) is 6.54 Å². The number of rotatable bonds is 3. The Hall–Kier alpha value is -2.37. The van der Waals surface area contributed by atoms with Gasteiger partial charge in [0.2, 0.25) is 0 Å². The molecule has 1 fully saturated rings. The van der Waals surface area contributed by atoms with Crippen molar-refractivity contribution in [2.75, 3.05) is 23.7 Å². The van der Waals surface area contributed by atoms with Crippen molar-refractivity contribution >= 4 is 17.2 Å². The van der Waals surface area contributed by atoms with E-state index in [1.165, 1.54) is 5.56 Å². The number of hydrogen-bond acceptors (Lipinski definition) is 4. The molecule has 4 rings (SSSR count). The van der Waals surface area contributed by atoms with E-state index in [2.05, 4.69) is 64.5 Å². The highest BCUT2D eigenvalue weighted by Gasteiger charge is 2.40. The van der Waals surface area contributed by atoms with Gasteiger partial charge >= 0.3 is 0 Å². The van der Waals surface area contributed by atoms with Crippen molar-refractivity contribution < 1.29 is 0 Å². The van der Waals surface area contributed by atoms with Crippen molar-refractivity contribution in [3.05, 3.63) is 59.7 Å². The molecule has 1 spiro atoms. The van der Waals surface area contributed by atoms with Crippen molar-refractivity contribution in [3.63, 3.8) is 0 Å². The number of benzene rings is 2. The van der Waals surface area contributed by atoms with Crippen LogP contribution in [0.2, 0.25) is 0 Å². The Bertz CT molecular complexity index is 777. The summed E-state index contributed by atoms with van der Waals surface area (Å²) < 4.78 is 0. The number of para-hydroxylation sites is 2. The molecule has 2 aromatic carbocycles. The fraction of sp³-hybridized carbons (Fsp3) is 0.350. The summed E-state index contributed by atoms with van der Waals surface area (Å²) in [5.74, 6) is 1.05. The van der Waals surface area contributed by atoms with Gasteiger partial charge in [0.1, 0.15) is 5.84 Å². The van der Waals surface area contributed by atoms with Crippen molar-refractivity contribution in [1.82, 2.24) is 5.32 Å². The molecule has 2 aliphatic rings. The highest BCUT2D eigenvalue weighted by Crippen LogP contribution is 2.35. The first-order chi connectivity index (χ1) is 12.3. The van der Waals surface area contributed by atoms with E-state index in [9.17, 15) is 0 Å². The summed E-state index contributed by atoms with van der Waals surface area (Å²) in [6.45, 7) is 3.22. The van der Waals surface area contributed by atoms with Crippen LogP contribution in [-0.4, -0.2) is 24.5 Å². The topological polar surface area (TPSA) is 74.5 Å². The van der Waals surface area contributed by atoms with Crippen LogP contribution >= 0.6 is 0 Å². The van der Waals surface area contributed by atoms with Crippen LogP contribution in [0.15, 0.2) is 53.5 Å². The summed E-state index contributed by atoms with van der Waals surface area (Å²) in [6.07, 6.45) is 2.05. The molecule has 130 valence electrons. The van der Waals surface area contributed by atoms with E-state index in [-0.39, 0.29) is 5.54 Å². The molecule has 0 saturated carbocycles. The summed E-state index contributed by atoms with van der Waals surface area (Å²) in [4.78, 5) is 4.98. The molecule has 2 aromatic rings. The van der Waals surface area contributed by atoms with Crippen LogP contribution in [0.1, 0.15) is 24.0 Å². The summed E-state index contributed by atoms with van der Waals surface area (Å²) in [5, 5.41) is 10.8. The normalized spacial score (nSPS) is 20.0. The highest BCUT2D eigenvalue weighted by molar-refractivity contribution is 6.09. The Morgan fingerprint density at radius 2 is 1.72 bits per heavy atom. The van der Waals surface area contributed by atoms with Crippen LogP contribution in [0, 0.1) is 0 Å². The summed E-state index contributed by atoms with van der Waals surface area (Å²) in [7, 11) is 0. The maximum Gasteiger partial charge on any atom is 0.127 e. The molecule has 5 N–H and O–H groups in total. The Kier molecular flexibility index (Phi) is 4.42. The van der Waals surface area contributed by atoms with Gasteiger partial charge in [-0.1, -0.05) is 36.4 Å². The van der Waals surface area contributed by atoms with Gasteiger partial charge in [0.25, 0.3) is 0 Å². The lowest BCUT2D eigenvalue weighted by Crippen LogP contribution is -2.57. The fourth-order valence-electron chi connectivity index (χ4n) is 3.70. The maximum absolute atomic E-state index is 5.76. The third-order valence-electron chi connectivity index (χ3n) is 5.11. The van der Waals surface area contributed by atoms with Gasteiger partial charge in [0.15, 0.2) is 0 Å². The first kappa shape index (κ1) is 16.1. The molecule has 5 heteroatoms. The minimum absolute atomic E-state index is 0.106. The average molecular weight is 335 g/mol. The molecule has 0 unspecified atom stereocenters. The van der Waals surface area contributed by atoms with Crippen molar-refractivity contribution in [3.8, 4) is 0 Å². The van der Waals surface area contributed by atoms with Gasteiger partial charge in [0.05, 0.1) is 23.5 Å². The van der Waals surface area contributed by atoms with E-state index >= 15 is 0 Å². The zero-order chi connectivity index (χ0) is 17.1. The first-order valence-electron chi connectivity index (χ1n) is 8.97. The van der Waals surface area contributed by atoms with Gasteiger partial charge in [-0.3, -0.25) is 4.99 Å². The minimum atomic E-state index is -0.106. The van der Waals surface area contributed by atoms with E-state index < -0.39 is 0 Å². The quantitative estimate of drug-likeness (QED) is 0.696. The number of aliphatic imine (C=N–C) groups is 1. The predicted molar refractivity (Wildman–Crippen MR) is 104 cm³/mol. The fourth-order valence-corrected chi connectivity index (χ4v) is 3.70. The highest BCUT2D eigenvalue weighted by atomic mass is 15.2. The lowest BCUT2D eigenvalue weighted by molar-refractivity contribution is 0.419. The minimum Gasteiger partial charge on any atom is -0.371 e. The van der Waals surface area contributed by atoms with E-state index in [4.69, 9.17) is 10.7 Å². The molecule has 2 heterocycles. The Labute approximate surface area is 148 Å². The predicted octanol–water partition coefficient (Wildman–Crippen LogP) is 2.70. The Balaban J connectivity index is 1.65. The molecular weight excluding hydrogens is 310 g/mol. The number of nitrogens with one attached hydrogen (secondary N) is 3. The SMILES string of the molecule is NCc1cccc(CN=C2Nc3ccccc3NC23CCNCC3)c1. The molecule has 0 bridgehead atoms. The standard InChI is InChI=1S/C20H25N5/c21-13-15-4-3-5-16(12-15)14-23-19-20(8-10-22-11-9-20)25-18-7-2-1-6-17(18)24-19/h1-7,12,22,25H,8-11,13-14,21H2,(H,23,24). The van der Waals surface area contributed by atoms with Crippen LogP contribution in [0.3, 0.4) is 0 Å². The summed E-state index contributed by atoms with van der Waals surface area (Å²) in [6, 6.07) is 16.7. The van der Waals surface area contributed by atoms with Crippen LogP contribution in [0.4, 0.5) is 11.4 Å². The molecule has 0 atom stereocenters. The second-order valence-electron chi connectivity index (χ2n) is 6.82. The number of nitrogens with two attached hydrogens (primary N) is 1. The molecule has 0 amide bonds. The number of nitrogens with zero attached hydrogens (tertiary/aromatic N) is 1. The number of anilines is 2. The molecule has 0 radical (unpaired) electrons. The van der Waals surface area contributed by atoms with E-state index in [0.29, 0.717) is 13.1 Å². The van der Waals surface area contributed by atoms with Gasteiger partial charge in [-0.05, 0) is 49.2 Å².